The predicted molar refractivity (Wildman–Crippen MR) is 135 cm³/mol. The van der Waals surface area contributed by atoms with Gasteiger partial charge in [-0.3, -0.25) is 4.79 Å². The molecule has 166 valence electrons. The summed E-state index contributed by atoms with van der Waals surface area (Å²) in [6, 6.07) is 7.15. The second-order valence-corrected chi connectivity index (χ2v) is 10.6. The van der Waals surface area contributed by atoms with Crippen molar-refractivity contribution in [3.05, 3.63) is 54.9 Å². The molecule has 0 bridgehead atoms. The number of aromatic hydroxyl groups is 1. The monoisotopic (exact) mass is 569 g/mol. The van der Waals surface area contributed by atoms with Gasteiger partial charge in [-0.15, -0.1) is 0 Å². The largest absolute Gasteiger partial charge is 0.506 e. The summed E-state index contributed by atoms with van der Waals surface area (Å²) in [7, 11) is 0. The zero-order chi connectivity index (χ0) is 22.9. The maximum Gasteiger partial charge on any atom is 0.271 e. The van der Waals surface area contributed by atoms with Crippen LogP contribution in [0.1, 0.15) is 67.9 Å². The maximum absolute atomic E-state index is 12.4. The van der Waals surface area contributed by atoms with E-state index in [1.165, 1.54) is 23.4 Å². The average molecular weight is 572 g/mol. The summed E-state index contributed by atoms with van der Waals surface area (Å²) in [6.07, 6.45) is 3.69. The highest BCUT2D eigenvalue weighted by Gasteiger charge is 2.36. The van der Waals surface area contributed by atoms with E-state index in [1.807, 2.05) is 6.07 Å². The van der Waals surface area contributed by atoms with Crippen LogP contribution in [0.15, 0.2) is 38.3 Å². The fraction of sp³-hybridized carbons (Fsp3) is 0.391. The van der Waals surface area contributed by atoms with Gasteiger partial charge in [-0.1, -0.05) is 25.4 Å². The van der Waals surface area contributed by atoms with E-state index in [9.17, 15) is 9.90 Å². The Balaban J connectivity index is 1.84. The van der Waals surface area contributed by atoms with Crippen LogP contribution in [0, 0.1) is 0 Å². The fourth-order valence-electron chi connectivity index (χ4n) is 4.19. The summed E-state index contributed by atoms with van der Waals surface area (Å²) in [5.74, 6) is 0.0371. The third kappa shape index (κ3) is 5.10. The molecular formula is C23H26Br2ClN3O2. The molecule has 1 atom stereocenters. The Labute approximate surface area is 205 Å². The van der Waals surface area contributed by atoms with Crippen molar-refractivity contribution in [3.8, 4) is 5.75 Å². The summed E-state index contributed by atoms with van der Waals surface area (Å²) in [6.45, 7) is 9.96. The number of amides is 1. The van der Waals surface area contributed by atoms with E-state index in [0.717, 1.165) is 24.9 Å². The van der Waals surface area contributed by atoms with Crippen molar-refractivity contribution in [2.24, 2.45) is 5.10 Å². The van der Waals surface area contributed by atoms with Gasteiger partial charge < -0.3 is 10.0 Å². The lowest BCUT2D eigenvalue weighted by Crippen LogP contribution is -2.48. The Kier molecular flexibility index (Phi) is 7.39. The summed E-state index contributed by atoms with van der Waals surface area (Å²) >= 11 is 13.0. The molecule has 1 unspecified atom stereocenters. The van der Waals surface area contributed by atoms with Gasteiger partial charge in [-0.2, -0.15) is 5.10 Å². The van der Waals surface area contributed by atoms with Crippen molar-refractivity contribution < 1.29 is 9.90 Å². The number of hydrogen-bond donors (Lipinski definition) is 2. The number of hydrazone groups is 1. The lowest BCUT2D eigenvalue weighted by atomic mass is 9.79. The topological polar surface area (TPSA) is 64.9 Å². The van der Waals surface area contributed by atoms with Gasteiger partial charge in [-0.05, 0) is 94.3 Å². The molecule has 2 aromatic rings. The quantitative estimate of drug-likeness (QED) is 0.305. The highest BCUT2D eigenvalue weighted by atomic mass is 79.9. The Hall–Kier alpha value is -1.57. The smallest absolute Gasteiger partial charge is 0.271 e. The van der Waals surface area contributed by atoms with Crippen LogP contribution in [-0.2, 0) is 0 Å². The fourth-order valence-corrected chi connectivity index (χ4v) is 5.58. The number of carbonyl (C=O) groups is 1. The van der Waals surface area contributed by atoms with Crippen molar-refractivity contribution in [2.45, 2.75) is 52.0 Å². The SMILES string of the molecule is CCCN1c2cc(Cl)c(/C=N\NC(=O)c3cc(Br)c(O)c(Br)c3)cc2C(C)CC1(C)C. The summed E-state index contributed by atoms with van der Waals surface area (Å²) in [4.78, 5) is 14.9. The Bertz CT molecular complexity index is 1020. The normalized spacial score (nSPS) is 17.6. The first kappa shape index (κ1) is 24.1. The minimum absolute atomic E-state index is 0.0373. The minimum atomic E-state index is -0.393. The van der Waals surface area contributed by atoms with Gasteiger partial charge in [0.15, 0.2) is 0 Å². The number of phenolic OH excluding ortho intramolecular Hbond substituents is 1. The first-order valence-corrected chi connectivity index (χ1v) is 12.1. The van der Waals surface area contributed by atoms with Crippen molar-refractivity contribution >= 4 is 61.3 Å². The van der Waals surface area contributed by atoms with Crippen LogP contribution >= 0.6 is 43.5 Å². The molecule has 0 aromatic heterocycles. The first-order chi connectivity index (χ1) is 14.5. The second kappa shape index (κ2) is 9.51. The lowest BCUT2D eigenvalue weighted by molar-refractivity contribution is 0.0955. The van der Waals surface area contributed by atoms with Crippen LogP contribution < -0.4 is 10.3 Å². The van der Waals surface area contributed by atoms with E-state index in [1.54, 1.807) is 6.21 Å². The van der Waals surface area contributed by atoms with Gasteiger partial charge in [0.2, 0.25) is 0 Å². The molecule has 2 N–H and O–H groups in total. The number of hydrogen-bond acceptors (Lipinski definition) is 4. The molecule has 0 aliphatic carbocycles. The Morgan fingerprint density at radius 2 is 1.97 bits per heavy atom. The van der Waals surface area contributed by atoms with Gasteiger partial charge in [0.25, 0.3) is 5.91 Å². The molecule has 3 rings (SSSR count). The van der Waals surface area contributed by atoms with Crippen molar-refractivity contribution in [3.63, 3.8) is 0 Å². The van der Waals surface area contributed by atoms with Crippen LogP contribution in [-0.4, -0.2) is 29.3 Å². The molecule has 31 heavy (non-hydrogen) atoms. The number of rotatable bonds is 5. The van der Waals surface area contributed by atoms with Crippen molar-refractivity contribution in [1.82, 2.24) is 5.43 Å². The zero-order valence-electron chi connectivity index (χ0n) is 18.0. The van der Waals surface area contributed by atoms with Crippen LogP contribution in [0.3, 0.4) is 0 Å². The number of anilines is 1. The van der Waals surface area contributed by atoms with Crippen LogP contribution in [0.2, 0.25) is 5.02 Å². The molecule has 1 heterocycles. The molecule has 2 aromatic carbocycles. The van der Waals surface area contributed by atoms with E-state index in [4.69, 9.17) is 11.6 Å². The molecule has 1 aliphatic heterocycles. The minimum Gasteiger partial charge on any atom is -0.506 e. The van der Waals surface area contributed by atoms with Crippen LogP contribution in [0.5, 0.6) is 5.75 Å². The predicted octanol–water partition coefficient (Wildman–Crippen LogP) is 6.84. The highest BCUT2D eigenvalue weighted by molar-refractivity contribution is 9.11. The van der Waals surface area contributed by atoms with Crippen molar-refractivity contribution in [1.29, 1.82) is 0 Å². The maximum atomic E-state index is 12.4. The van der Waals surface area contributed by atoms with E-state index in [2.05, 4.69) is 81.0 Å². The Morgan fingerprint density at radius 3 is 2.58 bits per heavy atom. The number of benzene rings is 2. The molecule has 8 heteroatoms. The molecule has 0 saturated heterocycles. The van der Waals surface area contributed by atoms with Gasteiger partial charge in [0.05, 0.1) is 20.2 Å². The van der Waals surface area contributed by atoms with Gasteiger partial charge in [0, 0.05) is 28.9 Å². The summed E-state index contributed by atoms with van der Waals surface area (Å²) < 4.78 is 0.838. The highest BCUT2D eigenvalue weighted by Crippen LogP contribution is 2.45. The molecule has 5 nitrogen and oxygen atoms in total. The summed E-state index contributed by atoms with van der Waals surface area (Å²) in [5.41, 5.74) is 6.13. The number of phenols is 1. The average Bonchev–Trinajstić information content (AvgIpc) is 2.69. The lowest BCUT2D eigenvalue weighted by Gasteiger charge is -2.47. The second-order valence-electron chi connectivity index (χ2n) is 8.49. The van der Waals surface area contributed by atoms with Gasteiger partial charge in [0.1, 0.15) is 5.75 Å². The number of halogens is 3. The van der Waals surface area contributed by atoms with E-state index in [-0.39, 0.29) is 11.3 Å². The Morgan fingerprint density at radius 1 is 1.32 bits per heavy atom. The number of nitrogens with zero attached hydrogens (tertiary/aromatic N) is 2. The third-order valence-electron chi connectivity index (χ3n) is 5.60. The van der Waals surface area contributed by atoms with E-state index in [0.29, 0.717) is 25.4 Å². The molecule has 0 radical (unpaired) electrons. The first-order valence-electron chi connectivity index (χ1n) is 10.2. The van der Waals surface area contributed by atoms with Gasteiger partial charge in [-0.25, -0.2) is 5.43 Å². The number of nitrogens with one attached hydrogen (secondary N) is 1. The van der Waals surface area contributed by atoms with Crippen molar-refractivity contribution in [2.75, 3.05) is 11.4 Å². The molecule has 0 fully saturated rings. The third-order valence-corrected chi connectivity index (χ3v) is 7.14. The molecule has 1 amide bonds. The van der Waals surface area contributed by atoms with E-state index < -0.39 is 5.91 Å². The molecule has 0 spiro atoms. The number of carbonyl (C=O) groups excluding carboxylic acids is 1. The van der Waals surface area contributed by atoms with E-state index >= 15 is 0 Å². The molecular weight excluding hydrogens is 546 g/mol. The summed E-state index contributed by atoms with van der Waals surface area (Å²) in [5, 5.41) is 14.5. The molecule has 1 aliphatic rings. The molecule has 0 saturated carbocycles. The van der Waals surface area contributed by atoms with Gasteiger partial charge >= 0.3 is 0 Å². The van der Waals surface area contributed by atoms with Crippen LogP contribution in [0.4, 0.5) is 5.69 Å². The number of fused-ring (bicyclic) bond motifs is 1. The standard InChI is InChI=1S/C23H26Br2ClN3O2/c1-5-6-29-20-10-19(26)15(7-16(20)13(2)11-23(29,3)4)12-27-28-22(31)14-8-17(24)21(30)18(25)9-14/h7-10,12-13,30H,5-6,11H2,1-4H3,(H,28,31)/b27-12-. The zero-order valence-corrected chi connectivity index (χ0v) is 21.9. The van der Waals surface area contributed by atoms with Crippen LogP contribution in [0.25, 0.3) is 0 Å².